The van der Waals surface area contributed by atoms with E-state index in [1.165, 1.54) is 57.8 Å². The summed E-state index contributed by atoms with van der Waals surface area (Å²) < 4.78 is 13.7. The molecule has 0 aliphatic carbocycles. The van der Waals surface area contributed by atoms with Gasteiger partial charge in [-0.3, -0.25) is 9.59 Å². The second-order valence-electron chi connectivity index (χ2n) is 10.2. The molecular weight excluding hydrogens is 847 g/mol. The summed E-state index contributed by atoms with van der Waals surface area (Å²) >= 11 is 6.77. The van der Waals surface area contributed by atoms with E-state index in [0.29, 0.717) is 12.8 Å². The highest BCUT2D eigenvalue weighted by molar-refractivity contribution is 14.1. The normalized spacial score (nSPS) is 12.1. The van der Waals surface area contributed by atoms with Gasteiger partial charge in [0.15, 0.2) is 6.10 Å². The van der Waals surface area contributed by atoms with Crippen LogP contribution in [-0.4, -0.2) is 36.4 Å². The molecule has 6 nitrogen and oxygen atoms in total. The second kappa shape index (κ2) is 24.3. The quantitative estimate of drug-likeness (QED) is 0.0375. The highest BCUT2D eigenvalue weighted by Crippen LogP contribution is 2.30. The van der Waals surface area contributed by atoms with Gasteiger partial charge in [-0.1, -0.05) is 70.4 Å². The first kappa shape index (κ1) is 37.9. The number of hydrogen-bond acceptors (Lipinski definition) is 6. The highest BCUT2D eigenvalue weighted by Gasteiger charge is 2.17. The first-order valence-electron chi connectivity index (χ1n) is 14.8. The van der Waals surface area contributed by atoms with Crippen LogP contribution in [0.25, 0.3) is 0 Å². The van der Waals surface area contributed by atoms with Gasteiger partial charge in [-0.2, -0.15) is 0 Å². The van der Waals surface area contributed by atoms with Gasteiger partial charge in [-0.05, 0) is 124 Å². The predicted octanol–water partition coefficient (Wildman–Crippen LogP) is 8.89. The minimum absolute atomic E-state index is 0.126. The van der Waals surface area contributed by atoms with Gasteiger partial charge in [0.25, 0.3) is 0 Å². The monoisotopic (exact) mass is 895 g/mol. The Hall–Kier alpha value is -0.150. The maximum atomic E-state index is 12.2. The highest BCUT2D eigenvalue weighted by atomic mass is 127. The number of allylic oxidation sites excluding steroid dienone is 2. The number of aliphatic hydroxyl groups excluding tert-OH is 1. The third-order valence-electron chi connectivity index (χ3n) is 6.68. The van der Waals surface area contributed by atoms with Crippen LogP contribution >= 0.6 is 67.8 Å². The number of hydrogen-bond donors (Lipinski definition) is 2. The van der Waals surface area contributed by atoms with Gasteiger partial charge >= 0.3 is 11.9 Å². The van der Waals surface area contributed by atoms with E-state index in [2.05, 4.69) is 86.8 Å². The van der Waals surface area contributed by atoms with E-state index in [1.807, 2.05) is 6.07 Å². The lowest BCUT2D eigenvalue weighted by Gasteiger charge is -2.16. The van der Waals surface area contributed by atoms with Crippen molar-refractivity contribution in [1.29, 1.82) is 0 Å². The Balaban J connectivity index is 2.09. The molecule has 1 aromatic carbocycles. The molecule has 1 unspecified atom stereocenters. The van der Waals surface area contributed by atoms with Gasteiger partial charge in [0.05, 0.1) is 12.3 Å². The maximum Gasteiger partial charge on any atom is 0.306 e. The molecule has 0 aliphatic heterocycles. The molecule has 0 aliphatic rings. The van der Waals surface area contributed by atoms with Crippen molar-refractivity contribution in [3.05, 3.63) is 34.5 Å². The molecule has 9 heteroatoms. The number of esters is 2. The van der Waals surface area contributed by atoms with E-state index in [0.717, 1.165) is 54.1 Å². The summed E-state index contributed by atoms with van der Waals surface area (Å²) in [4.78, 5) is 24.3. The number of rotatable bonds is 23. The van der Waals surface area contributed by atoms with Crippen LogP contribution in [0.1, 0.15) is 115 Å². The van der Waals surface area contributed by atoms with Crippen molar-refractivity contribution < 1.29 is 24.2 Å². The molecule has 1 rings (SSSR count). The van der Waals surface area contributed by atoms with Gasteiger partial charge < -0.3 is 20.3 Å². The van der Waals surface area contributed by atoms with Crippen LogP contribution in [0.2, 0.25) is 0 Å². The number of nitrogens with two attached hydrogens (primary N) is 1. The zero-order chi connectivity index (χ0) is 29.6. The van der Waals surface area contributed by atoms with Crippen LogP contribution in [0.4, 0.5) is 5.69 Å². The summed E-state index contributed by atoms with van der Waals surface area (Å²) in [7, 11) is 0. The van der Waals surface area contributed by atoms with Gasteiger partial charge in [-0.25, -0.2) is 0 Å². The fourth-order valence-corrected chi connectivity index (χ4v) is 8.16. The molecule has 0 aromatic heterocycles. The number of nitrogen functional groups attached to an aromatic ring is 1. The van der Waals surface area contributed by atoms with Crippen LogP contribution in [0.3, 0.4) is 0 Å². The molecule has 0 bridgehead atoms. The van der Waals surface area contributed by atoms with Gasteiger partial charge in [0.2, 0.25) is 0 Å². The number of benzene rings is 1. The zero-order valence-corrected chi connectivity index (χ0v) is 30.5. The number of aliphatic hydroxyl groups is 1. The fourth-order valence-electron chi connectivity index (χ4n) is 4.25. The molecular formula is C31H48I3NO5. The maximum absolute atomic E-state index is 12.2. The first-order chi connectivity index (χ1) is 19.3. The molecule has 0 saturated carbocycles. The van der Waals surface area contributed by atoms with Crippen molar-refractivity contribution in [1.82, 2.24) is 0 Å². The average molecular weight is 895 g/mol. The van der Waals surface area contributed by atoms with E-state index in [-0.39, 0.29) is 31.6 Å². The lowest BCUT2D eigenvalue weighted by Crippen LogP contribution is -2.28. The SMILES string of the molecule is CCCCCCCC/C=C\CCCCCCCC(=O)OC(CO)COC(=O)CCCc1c(I)cc(I)c(N)c1I. The van der Waals surface area contributed by atoms with E-state index >= 15 is 0 Å². The van der Waals surface area contributed by atoms with Crippen LogP contribution in [-0.2, 0) is 25.5 Å². The minimum atomic E-state index is -0.822. The third-order valence-corrected chi connectivity index (χ3v) is 9.77. The number of ether oxygens (including phenoxy) is 2. The molecule has 1 atom stereocenters. The van der Waals surface area contributed by atoms with E-state index in [4.69, 9.17) is 15.2 Å². The molecule has 0 heterocycles. The van der Waals surface area contributed by atoms with Crippen molar-refractivity contribution >= 4 is 85.4 Å². The topological polar surface area (TPSA) is 98.9 Å². The van der Waals surface area contributed by atoms with Gasteiger partial charge in [0.1, 0.15) is 6.61 Å². The summed E-state index contributed by atoms with van der Waals surface area (Å²) in [6.07, 6.45) is 21.4. The minimum Gasteiger partial charge on any atom is -0.462 e. The number of carbonyl (C=O) groups is 2. The number of carbonyl (C=O) groups excluding carboxylic acids is 2. The van der Waals surface area contributed by atoms with Crippen molar-refractivity contribution in [2.75, 3.05) is 18.9 Å². The van der Waals surface area contributed by atoms with E-state index < -0.39 is 6.10 Å². The Kier molecular flexibility index (Phi) is 23.0. The van der Waals surface area contributed by atoms with Crippen LogP contribution < -0.4 is 5.73 Å². The second-order valence-corrected chi connectivity index (χ2v) is 13.6. The van der Waals surface area contributed by atoms with Crippen LogP contribution in [0.5, 0.6) is 0 Å². The molecule has 0 spiro atoms. The van der Waals surface area contributed by atoms with Crippen LogP contribution in [0.15, 0.2) is 18.2 Å². The number of anilines is 1. The molecule has 0 fully saturated rings. The summed E-state index contributed by atoms with van der Waals surface area (Å²) in [5.41, 5.74) is 8.05. The molecule has 228 valence electrons. The number of halogens is 3. The van der Waals surface area contributed by atoms with Gasteiger partial charge in [0, 0.05) is 23.6 Å². The Bertz CT molecular complexity index is 894. The standard InChI is InChI=1S/C31H48I3NO5/c1-2-3-4-5-6-7-8-9-10-11-12-13-14-15-16-19-29(38)40-24(22-36)23-39-28(37)20-17-18-25-26(32)21-27(33)31(35)30(25)34/h9-10,21,24,36H,2-8,11-20,22-23,35H2,1H3/b10-9-. The molecule has 0 amide bonds. The average Bonchev–Trinajstić information content (AvgIpc) is 2.93. The zero-order valence-electron chi connectivity index (χ0n) is 24.0. The third kappa shape index (κ3) is 17.7. The Morgan fingerprint density at radius 3 is 2.05 bits per heavy atom. The van der Waals surface area contributed by atoms with Crippen molar-refractivity contribution in [3.63, 3.8) is 0 Å². The fraction of sp³-hybridized carbons (Fsp3) is 0.677. The van der Waals surface area contributed by atoms with Crippen molar-refractivity contribution in [2.24, 2.45) is 0 Å². The Labute approximate surface area is 282 Å². The first-order valence-corrected chi connectivity index (χ1v) is 18.1. The Morgan fingerprint density at radius 2 is 1.43 bits per heavy atom. The molecule has 1 aromatic rings. The summed E-state index contributed by atoms with van der Waals surface area (Å²) in [6, 6.07) is 2.05. The number of unbranched alkanes of at least 4 members (excludes halogenated alkanes) is 11. The summed E-state index contributed by atoms with van der Waals surface area (Å²) in [6.45, 7) is 1.75. The summed E-state index contributed by atoms with van der Waals surface area (Å²) in [5.74, 6) is -0.719. The largest absolute Gasteiger partial charge is 0.462 e. The van der Waals surface area contributed by atoms with Gasteiger partial charge in [-0.15, -0.1) is 0 Å². The smallest absolute Gasteiger partial charge is 0.306 e. The Morgan fingerprint density at radius 1 is 0.850 bits per heavy atom. The van der Waals surface area contributed by atoms with E-state index in [1.54, 1.807) is 0 Å². The predicted molar refractivity (Wildman–Crippen MR) is 189 cm³/mol. The van der Waals surface area contributed by atoms with Crippen molar-refractivity contribution in [2.45, 2.75) is 122 Å². The van der Waals surface area contributed by atoms with Crippen molar-refractivity contribution in [3.8, 4) is 0 Å². The van der Waals surface area contributed by atoms with Crippen LogP contribution in [0, 0.1) is 10.7 Å². The molecule has 0 saturated heterocycles. The molecule has 0 radical (unpaired) electrons. The molecule has 40 heavy (non-hydrogen) atoms. The summed E-state index contributed by atoms with van der Waals surface area (Å²) in [5, 5.41) is 9.54. The lowest BCUT2D eigenvalue weighted by molar-refractivity contribution is -0.161. The molecule has 3 N–H and O–H groups in total. The lowest BCUT2D eigenvalue weighted by atomic mass is 10.1. The van der Waals surface area contributed by atoms with E-state index in [9.17, 15) is 14.7 Å².